The minimum Gasteiger partial charge on any atom is -0.453 e. The predicted molar refractivity (Wildman–Crippen MR) is 58.9 cm³/mol. The molecule has 0 saturated carbocycles. The van der Waals surface area contributed by atoms with Gasteiger partial charge in [-0.05, 0) is 40.9 Å². The van der Waals surface area contributed by atoms with Crippen molar-refractivity contribution in [1.29, 1.82) is 0 Å². The third-order valence-corrected chi connectivity index (χ3v) is 3.07. The second kappa shape index (κ2) is 4.47. The Morgan fingerprint density at radius 3 is 2.71 bits per heavy atom. The summed E-state index contributed by atoms with van der Waals surface area (Å²) in [6.45, 7) is 3.07. The maximum Gasteiger partial charge on any atom is 0.169 e. The highest BCUT2D eigenvalue weighted by molar-refractivity contribution is 9.10. The third kappa shape index (κ3) is 2.59. The van der Waals surface area contributed by atoms with Gasteiger partial charge in [0.15, 0.2) is 4.67 Å². The Bertz CT molecular complexity index is 292. The van der Waals surface area contributed by atoms with Gasteiger partial charge in [-0.2, -0.15) is 0 Å². The minimum absolute atomic E-state index is 0.398. The van der Waals surface area contributed by atoms with E-state index in [2.05, 4.69) is 20.8 Å². The topological polar surface area (TPSA) is 42.4 Å². The number of hydrogen-bond acceptors (Lipinski definition) is 3. The Balaban J connectivity index is 1.86. The number of furan rings is 1. The summed E-state index contributed by atoms with van der Waals surface area (Å²) in [4.78, 5) is 2.38. The van der Waals surface area contributed by atoms with Gasteiger partial charge in [-0.15, -0.1) is 0 Å². The lowest BCUT2D eigenvalue weighted by molar-refractivity contribution is 0.191. The van der Waals surface area contributed by atoms with Crippen LogP contribution in [0.5, 0.6) is 0 Å². The molecule has 0 radical (unpaired) electrons. The molecule has 0 amide bonds. The van der Waals surface area contributed by atoms with Crippen molar-refractivity contribution in [3.63, 3.8) is 0 Å². The molecule has 1 aliphatic rings. The van der Waals surface area contributed by atoms with Crippen LogP contribution in [-0.2, 0) is 6.54 Å². The summed E-state index contributed by atoms with van der Waals surface area (Å²) in [5, 5.41) is 0. The second-order valence-corrected chi connectivity index (χ2v) is 4.60. The quantitative estimate of drug-likeness (QED) is 0.882. The molecule has 0 unspecified atom stereocenters. The molecule has 1 aromatic rings. The molecule has 2 rings (SSSR count). The highest BCUT2D eigenvalue weighted by atomic mass is 79.9. The molecule has 4 heteroatoms. The lowest BCUT2D eigenvalue weighted by atomic mass is 10.1. The molecule has 1 aromatic heterocycles. The van der Waals surface area contributed by atoms with Crippen molar-refractivity contribution in [2.75, 3.05) is 13.1 Å². The molecule has 0 atom stereocenters. The van der Waals surface area contributed by atoms with E-state index in [4.69, 9.17) is 10.2 Å². The van der Waals surface area contributed by atoms with E-state index in [1.54, 1.807) is 0 Å². The lowest BCUT2D eigenvalue weighted by Gasteiger charge is -2.29. The van der Waals surface area contributed by atoms with E-state index in [1.807, 2.05) is 12.1 Å². The molecular weight excluding hydrogens is 244 g/mol. The van der Waals surface area contributed by atoms with Crippen LogP contribution in [-0.4, -0.2) is 24.0 Å². The molecule has 2 heterocycles. The number of nitrogens with two attached hydrogens (primary N) is 1. The monoisotopic (exact) mass is 258 g/mol. The highest BCUT2D eigenvalue weighted by Gasteiger charge is 2.16. The van der Waals surface area contributed by atoms with Gasteiger partial charge in [-0.1, -0.05) is 0 Å². The van der Waals surface area contributed by atoms with Crippen LogP contribution in [0.15, 0.2) is 21.2 Å². The molecule has 0 bridgehead atoms. The van der Waals surface area contributed by atoms with Crippen molar-refractivity contribution in [3.8, 4) is 0 Å². The zero-order valence-corrected chi connectivity index (χ0v) is 9.66. The van der Waals surface area contributed by atoms with Crippen LogP contribution in [0.1, 0.15) is 18.6 Å². The summed E-state index contributed by atoms with van der Waals surface area (Å²) in [5.74, 6) is 1.02. The maximum atomic E-state index is 5.84. The number of rotatable bonds is 2. The standard InChI is InChI=1S/C10H15BrN2O/c11-10-2-1-9(14-10)7-13-5-3-8(12)4-6-13/h1-2,8H,3-7,12H2. The molecule has 1 aliphatic heterocycles. The fraction of sp³-hybridized carbons (Fsp3) is 0.600. The first-order valence-electron chi connectivity index (χ1n) is 4.96. The normalized spacial score (nSPS) is 20.1. The minimum atomic E-state index is 0.398. The average Bonchev–Trinajstić information content (AvgIpc) is 2.56. The third-order valence-electron chi connectivity index (χ3n) is 2.64. The van der Waals surface area contributed by atoms with E-state index in [-0.39, 0.29) is 0 Å². The smallest absolute Gasteiger partial charge is 0.169 e. The highest BCUT2D eigenvalue weighted by Crippen LogP contribution is 2.17. The van der Waals surface area contributed by atoms with Gasteiger partial charge in [-0.25, -0.2) is 0 Å². The molecule has 78 valence electrons. The van der Waals surface area contributed by atoms with Gasteiger partial charge >= 0.3 is 0 Å². The fourth-order valence-electron chi connectivity index (χ4n) is 1.77. The van der Waals surface area contributed by atoms with Crippen molar-refractivity contribution < 1.29 is 4.42 Å². The summed E-state index contributed by atoms with van der Waals surface area (Å²) in [5.41, 5.74) is 5.84. The van der Waals surface area contributed by atoms with Gasteiger partial charge in [0.2, 0.25) is 0 Å². The van der Waals surface area contributed by atoms with Crippen LogP contribution in [0.4, 0.5) is 0 Å². The van der Waals surface area contributed by atoms with E-state index in [1.165, 1.54) is 0 Å². The van der Waals surface area contributed by atoms with Crippen molar-refractivity contribution in [2.24, 2.45) is 5.73 Å². The van der Waals surface area contributed by atoms with Gasteiger partial charge in [0.05, 0.1) is 6.54 Å². The summed E-state index contributed by atoms with van der Waals surface area (Å²) in [6.07, 6.45) is 2.20. The van der Waals surface area contributed by atoms with Gasteiger partial charge in [0, 0.05) is 19.1 Å². The van der Waals surface area contributed by atoms with Crippen LogP contribution < -0.4 is 5.73 Å². The first kappa shape index (κ1) is 10.2. The summed E-state index contributed by atoms with van der Waals surface area (Å²) in [7, 11) is 0. The fourth-order valence-corrected chi connectivity index (χ4v) is 2.11. The van der Waals surface area contributed by atoms with Crippen molar-refractivity contribution in [3.05, 3.63) is 22.6 Å². The van der Waals surface area contributed by atoms with Gasteiger partial charge in [0.1, 0.15) is 5.76 Å². The first-order chi connectivity index (χ1) is 6.74. The maximum absolute atomic E-state index is 5.84. The molecule has 14 heavy (non-hydrogen) atoms. The first-order valence-corrected chi connectivity index (χ1v) is 5.75. The van der Waals surface area contributed by atoms with Crippen LogP contribution in [0.3, 0.4) is 0 Å². The number of likely N-dealkylation sites (tertiary alicyclic amines) is 1. The Morgan fingerprint density at radius 1 is 1.43 bits per heavy atom. The van der Waals surface area contributed by atoms with E-state index < -0.39 is 0 Å². The van der Waals surface area contributed by atoms with Crippen molar-refractivity contribution in [2.45, 2.75) is 25.4 Å². The van der Waals surface area contributed by atoms with Crippen molar-refractivity contribution in [1.82, 2.24) is 4.90 Å². The van der Waals surface area contributed by atoms with Crippen LogP contribution in [0, 0.1) is 0 Å². The molecule has 0 spiro atoms. The molecule has 0 aromatic carbocycles. The van der Waals surface area contributed by atoms with Gasteiger partial charge < -0.3 is 10.2 Å². The van der Waals surface area contributed by atoms with E-state index in [0.717, 1.165) is 42.9 Å². The SMILES string of the molecule is NC1CCN(Cc2ccc(Br)o2)CC1. The molecular formula is C10H15BrN2O. The molecule has 1 saturated heterocycles. The molecule has 1 fully saturated rings. The Morgan fingerprint density at radius 2 is 2.14 bits per heavy atom. The summed E-state index contributed by atoms with van der Waals surface area (Å²) in [6, 6.07) is 4.35. The largest absolute Gasteiger partial charge is 0.453 e. The number of nitrogens with zero attached hydrogens (tertiary/aromatic N) is 1. The summed E-state index contributed by atoms with van der Waals surface area (Å²) >= 11 is 3.30. The average molecular weight is 259 g/mol. The summed E-state index contributed by atoms with van der Waals surface area (Å²) < 4.78 is 6.26. The van der Waals surface area contributed by atoms with Crippen LogP contribution >= 0.6 is 15.9 Å². The van der Waals surface area contributed by atoms with E-state index in [0.29, 0.717) is 6.04 Å². The van der Waals surface area contributed by atoms with E-state index >= 15 is 0 Å². The Kier molecular flexibility index (Phi) is 3.26. The van der Waals surface area contributed by atoms with Gasteiger partial charge in [-0.3, -0.25) is 4.90 Å². The van der Waals surface area contributed by atoms with Gasteiger partial charge in [0.25, 0.3) is 0 Å². The number of hydrogen-bond donors (Lipinski definition) is 1. The number of piperidine rings is 1. The van der Waals surface area contributed by atoms with E-state index in [9.17, 15) is 0 Å². The zero-order chi connectivity index (χ0) is 9.97. The van der Waals surface area contributed by atoms with Crippen LogP contribution in [0.2, 0.25) is 0 Å². The Hall–Kier alpha value is -0.320. The molecule has 2 N–H and O–H groups in total. The predicted octanol–water partition coefficient (Wildman–Crippen LogP) is 1.97. The lowest BCUT2D eigenvalue weighted by Crippen LogP contribution is -2.39. The van der Waals surface area contributed by atoms with Crippen molar-refractivity contribution >= 4 is 15.9 Å². The second-order valence-electron chi connectivity index (χ2n) is 3.82. The molecule has 0 aliphatic carbocycles. The Labute approximate surface area is 92.4 Å². The number of halogens is 1. The zero-order valence-electron chi connectivity index (χ0n) is 8.08. The molecule has 3 nitrogen and oxygen atoms in total. The van der Waals surface area contributed by atoms with Crippen LogP contribution in [0.25, 0.3) is 0 Å².